The zero-order valence-corrected chi connectivity index (χ0v) is 12.4. The summed E-state index contributed by atoms with van der Waals surface area (Å²) in [5.74, 6) is -3.63. The van der Waals surface area contributed by atoms with Crippen molar-refractivity contribution >= 4 is 28.0 Å². The third kappa shape index (κ3) is 3.32. The highest BCUT2D eigenvalue weighted by Crippen LogP contribution is 2.39. The van der Waals surface area contributed by atoms with E-state index < -0.39 is 52.2 Å². The standard InChI is InChI=1S/C13H13NO8S/c15-10(16)5-7(6-11(17)18)14-12(19)8-3-1-2-4-9(8)13(14)23(20,21)22/h1-4,7,13H,5-6H2,(H,15,16)(H,17,18)(H,20,21,22). The Hall–Kier alpha value is -2.46. The van der Waals surface area contributed by atoms with Gasteiger partial charge >= 0.3 is 11.9 Å². The molecule has 10 heteroatoms. The summed E-state index contributed by atoms with van der Waals surface area (Å²) >= 11 is 0. The van der Waals surface area contributed by atoms with Crippen LogP contribution in [0.3, 0.4) is 0 Å². The number of aliphatic carboxylic acids is 2. The summed E-state index contributed by atoms with van der Waals surface area (Å²) in [4.78, 5) is 34.9. The maximum absolute atomic E-state index is 12.4. The van der Waals surface area contributed by atoms with Gasteiger partial charge in [0.1, 0.15) is 0 Å². The van der Waals surface area contributed by atoms with Crippen LogP contribution in [-0.4, -0.2) is 52.0 Å². The number of carboxylic acid groups (broad SMARTS) is 2. The van der Waals surface area contributed by atoms with E-state index in [4.69, 9.17) is 10.2 Å². The molecule has 0 saturated carbocycles. The van der Waals surface area contributed by atoms with Gasteiger partial charge in [-0.1, -0.05) is 18.2 Å². The third-order valence-electron chi connectivity index (χ3n) is 3.44. The molecule has 0 aromatic heterocycles. The van der Waals surface area contributed by atoms with E-state index in [1.54, 1.807) is 0 Å². The van der Waals surface area contributed by atoms with Crippen LogP contribution < -0.4 is 0 Å². The Bertz CT molecular complexity index is 756. The lowest BCUT2D eigenvalue weighted by Gasteiger charge is -2.30. The molecule has 1 aromatic rings. The molecule has 2 rings (SSSR count). The van der Waals surface area contributed by atoms with E-state index in [0.29, 0.717) is 4.90 Å². The fourth-order valence-corrected chi connectivity index (χ4v) is 3.72. The number of amides is 1. The number of rotatable bonds is 6. The van der Waals surface area contributed by atoms with Crippen molar-refractivity contribution in [3.05, 3.63) is 35.4 Å². The number of carboxylic acids is 2. The maximum Gasteiger partial charge on any atom is 0.305 e. The Morgan fingerprint density at radius 3 is 2.13 bits per heavy atom. The normalized spacial score (nSPS) is 17.4. The Morgan fingerprint density at radius 1 is 1.13 bits per heavy atom. The van der Waals surface area contributed by atoms with E-state index in [1.807, 2.05) is 0 Å². The lowest BCUT2D eigenvalue weighted by atomic mass is 10.1. The lowest BCUT2D eigenvalue weighted by Crippen LogP contribution is -2.43. The quantitative estimate of drug-likeness (QED) is 0.626. The van der Waals surface area contributed by atoms with E-state index in [2.05, 4.69) is 0 Å². The molecule has 9 nitrogen and oxygen atoms in total. The molecule has 1 aromatic carbocycles. The molecule has 0 radical (unpaired) electrons. The molecular weight excluding hydrogens is 330 g/mol. The highest BCUT2D eigenvalue weighted by molar-refractivity contribution is 7.86. The van der Waals surface area contributed by atoms with Crippen LogP contribution in [-0.2, 0) is 19.7 Å². The molecule has 0 bridgehead atoms. The van der Waals surface area contributed by atoms with Crippen molar-refractivity contribution < 1.29 is 37.6 Å². The number of nitrogens with zero attached hydrogens (tertiary/aromatic N) is 1. The summed E-state index contributed by atoms with van der Waals surface area (Å²) in [5, 5.41) is 16.0. The van der Waals surface area contributed by atoms with Crippen LogP contribution in [0.1, 0.15) is 34.1 Å². The van der Waals surface area contributed by atoms with Gasteiger partial charge in [0.05, 0.1) is 18.9 Å². The minimum absolute atomic E-state index is 0.0132. The van der Waals surface area contributed by atoms with Crippen molar-refractivity contribution in [2.75, 3.05) is 0 Å². The van der Waals surface area contributed by atoms with Crippen molar-refractivity contribution in [3.8, 4) is 0 Å². The van der Waals surface area contributed by atoms with E-state index in [-0.39, 0.29) is 11.1 Å². The Morgan fingerprint density at radius 2 is 1.65 bits per heavy atom. The van der Waals surface area contributed by atoms with E-state index in [1.165, 1.54) is 24.3 Å². The topological polar surface area (TPSA) is 149 Å². The molecule has 1 atom stereocenters. The molecule has 0 saturated heterocycles. The van der Waals surface area contributed by atoms with Crippen molar-refractivity contribution in [3.63, 3.8) is 0 Å². The van der Waals surface area contributed by atoms with Crippen LogP contribution in [0, 0.1) is 0 Å². The summed E-state index contributed by atoms with van der Waals surface area (Å²) in [6.45, 7) is 0. The van der Waals surface area contributed by atoms with Crippen molar-refractivity contribution in [1.29, 1.82) is 0 Å². The summed E-state index contributed by atoms with van der Waals surface area (Å²) in [7, 11) is -4.80. The first-order chi connectivity index (χ1) is 10.6. The summed E-state index contributed by atoms with van der Waals surface area (Å²) in [6, 6.07) is 4.15. The highest BCUT2D eigenvalue weighted by atomic mass is 32.2. The molecule has 1 amide bonds. The maximum atomic E-state index is 12.4. The molecule has 0 aliphatic carbocycles. The Balaban J connectivity index is 2.56. The van der Waals surface area contributed by atoms with E-state index >= 15 is 0 Å². The largest absolute Gasteiger partial charge is 0.481 e. The highest BCUT2D eigenvalue weighted by Gasteiger charge is 2.47. The number of hydrogen-bond acceptors (Lipinski definition) is 5. The first kappa shape index (κ1) is 16.9. The predicted octanol–water partition coefficient (Wildman–Crippen LogP) is 0.347. The third-order valence-corrected chi connectivity index (χ3v) is 4.49. The Kier molecular flexibility index (Phi) is 4.39. The molecule has 1 unspecified atom stereocenters. The number of hydrogen-bond donors (Lipinski definition) is 3. The second-order valence-corrected chi connectivity index (χ2v) is 6.49. The molecule has 23 heavy (non-hydrogen) atoms. The predicted molar refractivity (Wildman–Crippen MR) is 75.2 cm³/mol. The van der Waals surface area contributed by atoms with Crippen LogP contribution in [0.2, 0.25) is 0 Å². The second kappa shape index (κ2) is 5.97. The van der Waals surface area contributed by atoms with E-state index in [0.717, 1.165) is 0 Å². The van der Waals surface area contributed by atoms with Gasteiger partial charge in [-0.3, -0.25) is 18.9 Å². The van der Waals surface area contributed by atoms with Crippen molar-refractivity contribution in [1.82, 2.24) is 4.90 Å². The number of benzene rings is 1. The molecule has 1 heterocycles. The molecule has 3 N–H and O–H groups in total. The van der Waals surface area contributed by atoms with Gasteiger partial charge < -0.3 is 15.1 Å². The zero-order valence-electron chi connectivity index (χ0n) is 11.6. The SMILES string of the molecule is O=C(O)CC(CC(=O)O)N1C(=O)c2ccccc2C1S(=O)(=O)O. The Labute approximate surface area is 130 Å². The van der Waals surface area contributed by atoms with Gasteiger partial charge in [0.15, 0.2) is 5.37 Å². The zero-order chi connectivity index (χ0) is 17.4. The lowest BCUT2D eigenvalue weighted by molar-refractivity contribution is -0.140. The number of fused-ring (bicyclic) bond motifs is 1. The van der Waals surface area contributed by atoms with Crippen LogP contribution >= 0.6 is 0 Å². The first-order valence-electron chi connectivity index (χ1n) is 6.44. The molecular formula is C13H13NO8S. The van der Waals surface area contributed by atoms with Gasteiger partial charge in [0.2, 0.25) is 0 Å². The summed E-state index contributed by atoms with van der Waals surface area (Å²) in [5.41, 5.74) is -0.0309. The average molecular weight is 343 g/mol. The van der Waals surface area contributed by atoms with Gasteiger partial charge in [-0.05, 0) is 6.07 Å². The van der Waals surface area contributed by atoms with Crippen LogP contribution in [0.5, 0.6) is 0 Å². The van der Waals surface area contributed by atoms with Gasteiger partial charge in [0, 0.05) is 11.1 Å². The minimum Gasteiger partial charge on any atom is -0.481 e. The molecule has 1 aliphatic rings. The first-order valence-corrected chi connectivity index (χ1v) is 7.94. The van der Waals surface area contributed by atoms with Crippen LogP contribution in [0.4, 0.5) is 0 Å². The van der Waals surface area contributed by atoms with Crippen molar-refractivity contribution in [2.45, 2.75) is 24.3 Å². The molecule has 1 aliphatic heterocycles. The van der Waals surface area contributed by atoms with Crippen LogP contribution in [0.25, 0.3) is 0 Å². The molecule has 124 valence electrons. The average Bonchev–Trinajstić information content (AvgIpc) is 2.70. The summed E-state index contributed by atoms with van der Waals surface area (Å²) < 4.78 is 32.8. The van der Waals surface area contributed by atoms with Gasteiger partial charge in [-0.2, -0.15) is 8.42 Å². The van der Waals surface area contributed by atoms with Gasteiger partial charge in [-0.25, -0.2) is 0 Å². The smallest absolute Gasteiger partial charge is 0.305 e. The molecule has 0 fully saturated rings. The number of carbonyl (C=O) groups is 3. The van der Waals surface area contributed by atoms with Gasteiger partial charge in [-0.15, -0.1) is 0 Å². The molecule has 0 spiro atoms. The fourth-order valence-electron chi connectivity index (χ4n) is 2.64. The second-order valence-electron chi connectivity index (χ2n) is 5.02. The van der Waals surface area contributed by atoms with Crippen LogP contribution in [0.15, 0.2) is 24.3 Å². The van der Waals surface area contributed by atoms with Gasteiger partial charge in [0.25, 0.3) is 16.0 Å². The fraction of sp³-hybridized carbons (Fsp3) is 0.308. The minimum atomic E-state index is -4.80. The summed E-state index contributed by atoms with van der Waals surface area (Å²) in [6.07, 6.45) is -1.53. The monoisotopic (exact) mass is 343 g/mol. The van der Waals surface area contributed by atoms with E-state index in [9.17, 15) is 27.4 Å². The van der Waals surface area contributed by atoms with Crippen molar-refractivity contribution in [2.24, 2.45) is 0 Å². The number of carbonyl (C=O) groups excluding carboxylic acids is 1.